The van der Waals surface area contributed by atoms with Crippen molar-refractivity contribution >= 4 is 17.7 Å². The summed E-state index contributed by atoms with van der Waals surface area (Å²) >= 11 is 1.98. The minimum atomic E-state index is -0.501. The van der Waals surface area contributed by atoms with Gasteiger partial charge in [0.05, 0.1) is 0 Å². The summed E-state index contributed by atoms with van der Waals surface area (Å²) in [6, 6.07) is 2.24. The van der Waals surface area contributed by atoms with Gasteiger partial charge in [-0.05, 0) is 56.3 Å². The topological polar surface area (TPSA) is 59.0 Å². The van der Waals surface area contributed by atoms with E-state index in [4.69, 9.17) is 0 Å². The Morgan fingerprint density at radius 2 is 2.10 bits per heavy atom. The molecule has 2 fully saturated rings. The Morgan fingerprint density at radius 3 is 2.75 bits per heavy atom. The zero-order chi connectivity index (χ0) is 13.8. The molecule has 0 aliphatic carbocycles. The van der Waals surface area contributed by atoms with Gasteiger partial charge in [0, 0.05) is 18.4 Å². The number of amides is 1. The van der Waals surface area contributed by atoms with E-state index in [1.807, 2.05) is 28.7 Å². The number of nitrogens with zero attached hydrogens (tertiary/aromatic N) is 2. The molecule has 0 aromatic carbocycles. The average molecular weight is 294 g/mol. The van der Waals surface area contributed by atoms with Crippen molar-refractivity contribution < 1.29 is 4.79 Å². The third-order valence-corrected chi connectivity index (χ3v) is 5.40. The Balaban J connectivity index is 1.76. The number of carbonyl (C=O) groups excluding carboxylic acids is 1. The summed E-state index contributed by atoms with van der Waals surface area (Å²) in [4.78, 5) is 12.9. The number of thioether (sulfide) groups is 1. The molecule has 2 aliphatic rings. The highest BCUT2D eigenvalue weighted by Gasteiger charge is 2.42. The first-order valence-corrected chi connectivity index (χ1v) is 8.56. The van der Waals surface area contributed by atoms with Gasteiger partial charge < -0.3 is 10.6 Å². The quantitative estimate of drug-likeness (QED) is 0.872. The zero-order valence-electron chi connectivity index (χ0n) is 11.7. The summed E-state index contributed by atoms with van der Waals surface area (Å²) in [7, 11) is 0. The Hall–Kier alpha value is -1.01. The van der Waals surface area contributed by atoms with Gasteiger partial charge in [-0.1, -0.05) is 0 Å². The lowest BCUT2D eigenvalue weighted by atomic mass is 9.87. The SMILES string of the molecule is O=C(NC1CCSCC1)C1(n2cccn2)CCNCC1. The number of rotatable bonds is 3. The van der Waals surface area contributed by atoms with Crippen LogP contribution in [0.2, 0.25) is 0 Å². The van der Waals surface area contributed by atoms with E-state index in [9.17, 15) is 4.79 Å². The van der Waals surface area contributed by atoms with E-state index in [2.05, 4.69) is 15.7 Å². The molecule has 1 aromatic rings. The predicted molar refractivity (Wildman–Crippen MR) is 80.8 cm³/mol. The molecule has 1 amide bonds. The van der Waals surface area contributed by atoms with Crippen LogP contribution in [0.25, 0.3) is 0 Å². The molecule has 0 saturated carbocycles. The molecule has 3 rings (SSSR count). The molecule has 5 nitrogen and oxygen atoms in total. The van der Waals surface area contributed by atoms with E-state index < -0.39 is 5.54 Å². The number of piperidine rings is 1. The Labute approximate surface area is 123 Å². The van der Waals surface area contributed by atoms with E-state index >= 15 is 0 Å². The molecule has 0 unspecified atom stereocenters. The molecule has 20 heavy (non-hydrogen) atoms. The number of hydrogen-bond donors (Lipinski definition) is 2. The standard InChI is InChI=1S/C14H22N4OS/c19-13(17-12-2-10-20-11-3-12)14(4-7-15-8-5-14)18-9-1-6-16-18/h1,6,9,12,15H,2-5,7-8,10-11H2,(H,17,19). The second-order valence-corrected chi connectivity index (χ2v) is 6.82. The fraction of sp³-hybridized carbons (Fsp3) is 0.714. The highest BCUT2D eigenvalue weighted by molar-refractivity contribution is 7.99. The fourth-order valence-corrected chi connectivity index (χ4v) is 4.19. The van der Waals surface area contributed by atoms with E-state index in [1.54, 1.807) is 6.20 Å². The minimum Gasteiger partial charge on any atom is -0.351 e. The summed E-state index contributed by atoms with van der Waals surface area (Å²) in [5.41, 5.74) is -0.501. The molecule has 1 aromatic heterocycles. The Kier molecular flexibility index (Phi) is 4.31. The molecule has 2 aliphatic heterocycles. The van der Waals surface area contributed by atoms with Crippen LogP contribution in [0.3, 0.4) is 0 Å². The zero-order valence-corrected chi connectivity index (χ0v) is 12.5. The number of carbonyl (C=O) groups is 1. The van der Waals surface area contributed by atoms with Crippen LogP contribution in [-0.2, 0) is 10.3 Å². The third kappa shape index (κ3) is 2.72. The van der Waals surface area contributed by atoms with Crippen LogP contribution in [0.15, 0.2) is 18.5 Å². The van der Waals surface area contributed by atoms with Crippen molar-refractivity contribution in [1.82, 2.24) is 20.4 Å². The van der Waals surface area contributed by atoms with Crippen LogP contribution in [-0.4, -0.2) is 46.3 Å². The van der Waals surface area contributed by atoms with E-state index in [1.165, 1.54) is 0 Å². The number of hydrogen-bond acceptors (Lipinski definition) is 4. The predicted octanol–water partition coefficient (Wildman–Crippen LogP) is 0.974. The van der Waals surface area contributed by atoms with Crippen molar-refractivity contribution in [2.45, 2.75) is 37.3 Å². The molecule has 110 valence electrons. The summed E-state index contributed by atoms with van der Waals surface area (Å²) in [6.45, 7) is 1.74. The summed E-state index contributed by atoms with van der Waals surface area (Å²) in [5, 5.41) is 11.0. The van der Waals surface area contributed by atoms with Gasteiger partial charge in [-0.2, -0.15) is 16.9 Å². The Bertz CT molecular complexity index is 436. The lowest BCUT2D eigenvalue weighted by Gasteiger charge is -2.38. The Morgan fingerprint density at radius 1 is 1.35 bits per heavy atom. The van der Waals surface area contributed by atoms with Crippen molar-refractivity contribution in [3.8, 4) is 0 Å². The molecule has 0 spiro atoms. The van der Waals surface area contributed by atoms with Crippen LogP contribution in [0, 0.1) is 0 Å². The minimum absolute atomic E-state index is 0.152. The molecule has 2 saturated heterocycles. The summed E-state index contributed by atoms with van der Waals surface area (Å²) in [6.07, 6.45) is 7.47. The smallest absolute Gasteiger partial charge is 0.248 e. The van der Waals surface area contributed by atoms with Gasteiger partial charge in [0.25, 0.3) is 0 Å². The van der Waals surface area contributed by atoms with Crippen molar-refractivity contribution in [1.29, 1.82) is 0 Å². The van der Waals surface area contributed by atoms with Gasteiger partial charge >= 0.3 is 0 Å². The second kappa shape index (κ2) is 6.18. The maximum Gasteiger partial charge on any atom is 0.248 e. The van der Waals surface area contributed by atoms with Gasteiger partial charge in [0.15, 0.2) is 0 Å². The van der Waals surface area contributed by atoms with Crippen LogP contribution in [0.5, 0.6) is 0 Å². The molecule has 0 bridgehead atoms. The molecule has 0 radical (unpaired) electrons. The van der Waals surface area contributed by atoms with Crippen LogP contribution in [0.4, 0.5) is 0 Å². The first kappa shape index (κ1) is 13.9. The first-order chi connectivity index (χ1) is 9.81. The van der Waals surface area contributed by atoms with Crippen molar-refractivity contribution in [2.24, 2.45) is 0 Å². The van der Waals surface area contributed by atoms with E-state index in [-0.39, 0.29) is 5.91 Å². The highest BCUT2D eigenvalue weighted by Crippen LogP contribution is 2.28. The molecule has 2 N–H and O–H groups in total. The highest BCUT2D eigenvalue weighted by atomic mass is 32.2. The normalized spacial score (nSPS) is 23.4. The largest absolute Gasteiger partial charge is 0.351 e. The average Bonchev–Trinajstić information content (AvgIpc) is 3.04. The van der Waals surface area contributed by atoms with Crippen LogP contribution < -0.4 is 10.6 Å². The van der Waals surface area contributed by atoms with Gasteiger partial charge in [-0.3, -0.25) is 9.48 Å². The maximum absolute atomic E-state index is 12.9. The molecular weight excluding hydrogens is 272 g/mol. The van der Waals surface area contributed by atoms with Crippen molar-refractivity contribution in [2.75, 3.05) is 24.6 Å². The molecule has 3 heterocycles. The van der Waals surface area contributed by atoms with Gasteiger partial charge in [0.2, 0.25) is 5.91 Å². The molecule has 0 atom stereocenters. The van der Waals surface area contributed by atoms with Crippen LogP contribution in [0.1, 0.15) is 25.7 Å². The van der Waals surface area contributed by atoms with Crippen molar-refractivity contribution in [3.63, 3.8) is 0 Å². The molecule has 6 heteroatoms. The van der Waals surface area contributed by atoms with Crippen molar-refractivity contribution in [3.05, 3.63) is 18.5 Å². The third-order valence-electron chi connectivity index (χ3n) is 4.35. The monoisotopic (exact) mass is 294 g/mol. The maximum atomic E-state index is 12.9. The lowest BCUT2D eigenvalue weighted by Crippen LogP contribution is -2.56. The van der Waals surface area contributed by atoms with Crippen LogP contribution >= 0.6 is 11.8 Å². The number of nitrogens with one attached hydrogen (secondary N) is 2. The summed E-state index contributed by atoms with van der Waals surface area (Å²) in [5.74, 6) is 2.46. The van der Waals surface area contributed by atoms with Gasteiger partial charge in [-0.25, -0.2) is 0 Å². The van der Waals surface area contributed by atoms with E-state index in [0.29, 0.717) is 6.04 Å². The second-order valence-electron chi connectivity index (χ2n) is 5.59. The number of aromatic nitrogens is 2. The lowest BCUT2D eigenvalue weighted by molar-refractivity contribution is -0.132. The van der Waals surface area contributed by atoms with E-state index in [0.717, 1.165) is 50.3 Å². The van der Waals surface area contributed by atoms with Gasteiger partial charge in [0.1, 0.15) is 5.54 Å². The first-order valence-electron chi connectivity index (χ1n) is 7.41. The summed E-state index contributed by atoms with van der Waals surface area (Å²) < 4.78 is 1.86. The van der Waals surface area contributed by atoms with Gasteiger partial charge in [-0.15, -0.1) is 0 Å². The fourth-order valence-electron chi connectivity index (χ4n) is 3.08. The molecular formula is C14H22N4OS.